The third kappa shape index (κ3) is 2.57. The Morgan fingerprint density at radius 2 is 2.10 bits per heavy atom. The fourth-order valence-electron chi connectivity index (χ4n) is 2.85. The number of aryl methyl sites for hydroxylation is 1. The molecule has 1 saturated heterocycles. The molecule has 1 atom stereocenters. The number of rotatable bonds is 5. The number of likely N-dealkylation sites (tertiary alicyclic amines) is 1. The van der Waals surface area contributed by atoms with Gasteiger partial charge in [0.15, 0.2) is 5.82 Å². The molecule has 7 nitrogen and oxygen atoms in total. The van der Waals surface area contributed by atoms with Crippen LogP contribution in [0.1, 0.15) is 68.1 Å². The zero-order chi connectivity index (χ0) is 14.2. The van der Waals surface area contributed by atoms with E-state index in [2.05, 4.69) is 25.2 Å². The first kappa shape index (κ1) is 12.9. The molecule has 1 saturated carbocycles. The van der Waals surface area contributed by atoms with Crippen LogP contribution in [0.3, 0.4) is 0 Å². The second kappa shape index (κ2) is 5.22. The van der Waals surface area contributed by atoms with E-state index >= 15 is 0 Å². The van der Waals surface area contributed by atoms with Crippen molar-refractivity contribution < 1.29 is 8.94 Å². The first-order chi connectivity index (χ1) is 10.3. The summed E-state index contributed by atoms with van der Waals surface area (Å²) in [6.45, 7) is 3.68. The van der Waals surface area contributed by atoms with Crippen molar-refractivity contribution in [3.05, 3.63) is 23.5 Å². The molecule has 1 aliphatic heterocycles. The molecule has 2 fully saturated rings. The Balaban J connectivity index is 1.47. The van der Waals surface area contributed by atoms with E-state index in [1.807, 2.05) is 6.92 Å². The van der Waals surface area contributed by atoms with Gasteiger partial charge in [0.2, 0.25) is 17.7 Å². The van der Waals surface area contributed by atoms with Gasteiger partial charge in [0.05, 0.1) is 12.6 Å². The van der Waals surface area contributed by atoms with Crippen molar-refractivity contribution in [2.24, 2.45) is 0 Å². The van der Waals surface area contributed by atoms with Gasteiger partial charge in [-0.15, -0.1) is 10.2 Å². The normalized spacial score (nSPS) is 23.0. The molecular formula is C14H19N5O2. The molecule has 7 heteroatoms. The maximum absolute atomic E-state index is 5.75. The summed E-state index contributed by atoms with van der Waals surface area (Å²) in [4.78, 5) is 6.76. The van der Waals surface area contributed by atoms with Gasteiger partial charge in [-0.2, -0.15) is 4.98 Å². The van der Waals surface area contributed by atoms with E-state index in [1.54, 1.807) is 0 Å². The highest BCUT2D eigenvalue weighted by molar-refractivity contribution is 5.02. The van der Waals surface area contributed by atoms with Gasteiger partial charge in [0.25, 0.3) is 0 Å². The Morgan fingerprint density at radius 1 is 1.19 bits per heavy atom. The van der Waals surface area contributed by atoms with Gasteiger partial charge in [-0.3, -0.25) is 4.90 Å². The second-order valence-corrected chi connectivity index (χ2v) is 5.84. The number of hydrogen-bond donors (Lipinski definition) is 0. The van der Waals surface area contributed by atoms with Crippen molar-refractivity contribution in [3.63, 3.8) is 0 Å². The second-order valence-electron chi connectivity index (χ2n) is 5.84. The van der Waals surface area contributed by atoms with Crippen LogP contribution in [0.4, 0.5) is 0 Å². The van der Waals surface area contributed by atoms with E-state index in [0.717, 1.165) is 37.5 Å². The summed E-state index contributed by atoms with van der Waals surface area (Å²) < 4.78 is 11.0. The highest BCUT2D eigenvalue weighted by Crippen LogP contribution is 2.39. The predicted octanol–water partition coefficient (Wildman–Crippen LogP) is 2.23. The number of hydrogen-bond acceptors (Lipinski definition) is 7. The standard InChI is InChI=1S/C14H19N5O2/c1-2-11-15-13(18-21-11)10-4-3-7-19(10)8-12-16-17-14(20-12)9-5-6-9/h9-10H,2-8H2,1H3/t10-/m0/s1. The summed E-state index contributed by atoms with van der Waals surface area (Å²) in [6, 6.07) is 0.199. The van der Waals surface area contributed by atoms with E-state index in [0.29, 0.717) is 24.2 Å². The van der Waals surface area contributed by atoms with Crippen LogP contribution in [0.25, 0.3) is 0 Å². The summed E-state index contributed by atoms with van der Waals surface area (Å²) in [6.07, 6.45) is 5.30. The van der Waals surface area contributed by atoms with Crippen molar-refractivity contribution in [1.82, 2.24) is 25.2 Å². The number of aromatic nitrogens is 4. The monoisotopic (exact) mass is 289 g/mol. The van der Waals surface area contributed by atoms with Crippen LogP contribution in [0.15, 0.2) is 8.94 Å². The molecule has 4 rings (SSSR count). The van der Waals surface area contributed by atoms with Gasteiger partial charge >= 0.3 is 0 Å². The summed E-state index contributed by atoms with van der Waals surface area (Å²) >= 11 is 0. The molecule has 0 unspecified atom stereocenters. The fourth-order valence-corrected chi connectivity index (χ4v) is 2.85. The third-order valence-corrected chi connectivity index (χ3v) is 4.20. The average Bonchev–Trinajstić information content (AvgIpc) is 2.94. The Hall–Kier alpha value is -1.76. The van der Waals surface area contributed by atoms with Crippen LogP contribution < -0.4 is 0 Å². The lowest BCUT2D eigenvalue weighted by molar-refractivity contribution is 0.210. The molecular weight excluding hydrogens is 270 g/mol. The van der Waals surface area contributed by atoms with E-state index in [1.165, 1.54) is 12.8 Å². The molecule has 2 aromatic heterocycles. The van der Waals surface area contributed by atoms with Crippen molar-refractivity contribution in [3.8, 4) is 0 Å². The smallest absolute Gasteiger partial charge is 0.230 e. The highest BCUT2D eigenvalue weighted by atomic mass is 16.5. The fraction of sp³-hybridized carbons (Fsp3) is 0.714. The third-order valence-electron chi connectivity index (χ3n) is 4.20. The minimum Gasteiger partial charge on any atom is -0.424 e. The van der Waals surface area contributed by atoms with Gasteiger partial charge in [0, 0.05) is 12.3 Å². The summed E-state index contributed by atoms with van der Waals surface area (Å²) in [5, 5.41) is 12.4. The quantitative estimate of drug-likeness (QED) is 0.834. The average molecular weight is 289 g/mol. The van der Waals surface area contributed by atoms with E-state index in [9.17, 15) is 0 Å². The predicted molar refractivity (Wildman–Crippen MR) is 72.3 cm³/mol. The molecule has 0 bridgehead atoms. The molecule has 0 amide bonds. The molecule has 1 aliphatic carbocycles. The summed E-state index contributed by atoms with van der Waals surface area (Å²) in [5.74, 6) is 3.48. The molecule has 112 valence electrons. The van der Waals surface area contributed by atoms with E-state index in [-0.39, 0.29) is 6.04 Å². The van der Waals surface area contributed by atoms with Crippen molar-refractivity contribution in [2.45, 2.75) is 57.5 Å². The lowest BCUT2D eigenvalue weighted by atomic mass is 10.2. The van der Waals surface area contributed by atoms with Gasteiger partial charge in [-0.1, -0.05) is 12.1 Å². The van der Waals surface area contributed by atoms with Crippen LogP contribution in [0, 0.1) is 0 Å². The summed E-state index contributed by atoms with van der Waals surface area (Å²) in [5.41, 5.74) is 0. The van der Waals surface area contributed by atoms with Crippen LogP contribution in [-0.2, 0) is 13.0 Å². The SMILES string of the molecule is CCc1nc([C@@H]2CCCN2Cc2nnc(C3CC3)o2)no1. The minimum absolute atomic E-state index is 0.199. The lowest BCUT2D eigenvalue weighted by Crippen LogP contribution is -2.23. The van der Waals surface area contributed by atoms with Gasteiger partial charge in [-0.25, -0.2) is 0 Å². The maximum atomic E-state index is 5.75. The molecule has 2 aromatic rings. The Kier molecular flexibility index (Phi) is 3.21. The van der Waals surface area contributed by atoms with E-state index in [4.69, 9.17) is 8.94 Å². The first-order valence-electron chi connectivity index (χ1n) is 7.72. The van der Waals surface area contributed by atoms with Crippen LogP contribution >= 0.6 is 0 Å². The minimum atomic E-state index is 0.199. The molecule has 2 aliphatic rings. The zero-order valence-electron chi connectivity index (χ0n) is 12.2. The van der Waals surface area contributed by atoms with Crippen molar-refractivity contribution >= 4 is 0 Å². The molecule has 0 N–H and O–H groups in total. The van der Waals surface area contributed by atoms with Crippen LogP contribution in [0.5, 0.6) is 0 Å². The molecule has 0 aromatic carbocycles. The molecule has 0 spiro atoms. The van der Waals surface area contributed by atoms with Gasteiger partial charge in [0.1, 0.15) is 0 Å². The van der Waals surface area contributed by atoms with Crippen molar-refractivity contribution in [2.75, 3.05) is 6.54 Å². The van der Waals surface area contributed by atoms with Gasteiger partial charge < -0.3 is 8.94 Å². The maximum Gasteiger partial charge on any atom is 0.230 e. The number of nitrogens with zero attached hydrogens (tertiary/aromatic N) is 5. The Bertz CT molecular complexity index is 618. The summed E-state index contributed by atoms with van der Waals surface area (Å²) in [7, 11) is 0. The zero-order valence-corrected chi connectivity index (χ0v) is 12.2. The van der Waals surface area contributed by atoms with Gasteiger partial charge in [-0.05, 0) is 32.2 Å². The van der Waals surface area contributed by atoms with Crippen LogP contribution in [0.2, 0.25) is 0 Å². The van der Waals surface area contributed by atoms with Crippen LogP contribution in [-0.4, -0.2) is 31.8 Å². The largest absolute Gasteiger partial charge is 0.424 e. The molecule has 21 heavy (non-hydrogen) atoms. The Morgan fingerprint density at radius 3 is 2.86 bits per heavy atom. The first-order valence-corrected chi connectivity index (χ1v) is 7.72. The molecule has 3 heterocycles. The molecule has 0 radical (unpaired) electrons. The highest BCUT2D eigenvalue weighted by Gasteiger charge is 2.33. The van der Waals surface area contributed by atoms with Crippen molar-refractivity contribution in [1.29, 1.82) is 0 Å². The topological polar surface area (TPSA) is 81.1 Å². The van der Waals surface area contributed by atoms with E-state index < -0.39 is 0 Å². The lowest BCUT2D eigenvalue weighted by Gasteiger charge is -2.19. The Labute approximate surface area is 122 Å².